The van der Waals surface area contributed by atoms with Gasteiger partial charge in [-0.3, -0.25) is 9.59 Å². The van der Waals surface area contributed by atoms with Crippen LogP contribution in [-0.4, -0.2) is 51.4 Å². The molecule has 3 aliphatic rings. The number of rotatable bonds is 6. The van der Waals surface area contributed by atoms with Gasteiger partial charge in [-0.05, 0) is 30.9 Å². The van der Waals surface area contributed by atoms with Crippen LogP contribution in [0.2, 0.25) is 0 Å². The van der Waals surface area contributed by atoms with Gasteiger partial charge in [0.15, 0.2) is 5.65 Å². The minimum atomic E-state index is -0.183. The van der Waals surface area contributed by atoms with Gasteiger partial charge in [0, 0.05) is 43.2 Å². The quantitative estimate of drug-likeness (QED) is 0.527. The average molecular weight is 450 g/mol. The Morgan fingerprint density at radius 3 is 2.76 bits per heavy atom. The summed E-state index contributed by atoms with van der Waals surface area (Å²) in [5, 5.41) is 13.7. The van der Waals surface area contributed by atoms with Gasteiger partial charge >= 0.3 is 0 Å². The highest BCUT2D eigenvalue weighted by atomic mass is 16.5. The largest absolute Gasteiger partial charge is 0.381 e. The lowest BCUT2D eigenvalue weighted by Crippen LogP contribution is -2.45. The molecule has 0 spiro atoms. The SMILES string of the molecule is CNc1cc(Nc2cccn(C3[C@H]4COC[C@@H]34)c2=O)nc2c(C(=O)N[C@H]3CC[C@H]3C)cnn12. The maximum atomic E-state index is 13.2. The molecule has 3 N–H and O–H groups in total. The number of carbonyl (C=O) groups is 1. The van der Waals surface area contributed by atoms with Gasteiger partial charge in [-0.1, -0.05) is 6.92 Å². The van der Waals surface area contributed by atoms with E-state index < -0.39 is 0 Å². The second-order valence-corrected chi connectivity index (χ2v) is 9.32. The van der Waals surface area contributed by atoms with Crippen LogP contribution >= 0.6 is 0 Å². The Kier molecular flexibility index (Phi) is 4.65. The van der Waals surface area contributed by atoms with Crippen molar-refractivity contribution in [2.75, 3.05) is 30.9 Å². The maximum Gasteiger partial charge on any atom is 0.274 e. The van der Waals surface area contributed by atoms with Crippen LogP contribution in [0.25, 0.3) is 5.65 Å². The molecular weight excluding hydrogens is 422 g/mol. The van der Waals surface area contributed by atoms with E-state index in [9.17, 15) is 9.59 Å². The molecule has 5 atom stereocenters. The van der Waals surface area contributed by atoms with Gasteiger partial charge in [-0.25, -0.2) is 4.98 Å². The van der Waals surface area contributed by atoms with Crippen LogP contribution in [0.5, 0.6) is 0 Å². The molecule has 3 aromatic heterocycles. The summed E-state index contributed by atoms with van der Waals surface area (Å²) < 4.78 is 8.86. The fourth-order valence-corrected chi connectivity index (χ4v) is 5.09. The van der Waals surface area contributed by atoms with Gasteiger partial charge in [0.05, 0.1) is 19.4 Å². The Morgan fingerprint density at radius 2 is 2.06 bits per heavy atom. The summed E-state index contributed by atoms with van der Waals surface area (Å²) in [5.74, 6) is 2.27. The molecule has 172 valence electrons. The number of nitrogens with one attached hydrogen (secondary N) is 3. The summed E-state index contributed by atoms with van der Waals surface area (Å²) in [6, 6.07) is 5.78. The van der Waals surface area contributed by atoms with Gasteiger partial charge in [-0.2, -0.15) is 9.61 Å². The van der Waals surface area contributed by atoms with Gasteiger partial charge in [0.1, 0.15) is 22.9 Å². The molecule has 33 heavy (non-hydrogen) atoms. The monoisotopic (exact) mass is 449 g/mol. The van der Waals surface area contributed by atoms with E-state index in [4.69, 9.17) is 4.74 Å². The Hall–Kier alpha value is -3.40. The minimum absolute atomic E-state index is 0.0879. The van der Waals surface area contributed by atoms with E-state index in [-0.39, 0.29) is 23.6 Å². The van der Waals surface area contributed by atoms with E-state index in [0.29, 0.717) is 46.3 Å². The van der Waals surface area contributed by atoms with Crippen molar-refractivity contribution in [1.82, 2.24) is 24.5 Å². The van der Waals surface area contributed by atoms with Crippen molar-refractivity contribution in [3.05, 3.63) is 46.5 Å². The van der Waals surface area contributed by atoms with Gasteiger partial charge < -0.3 is 25.3 Å². The number of fused-ring (bicyclic) bond motifs is 2. The summed E-state index contributed by atoms with van der Waals surface area (Å²) >= 11 is 0. The fraction of sp³-hybridized carbons (Fsp3) is 0.478. The average Bonchev–Trinajstić information content (AvgIpc) is 3.15. The Balaban J connectivity index is 1.31. The number of ether oxygens (including phenoxy) is 1. The van der Waals surface area contributed by atoms with Crippen LogP contribution in [0, 0.1) is 17.8 Å². The molecule has 1 unspecified atom stereocenters. The van der Waals surface area contributed by atoms with Crippen molar-refractivity contribution >= 4 is 28.9 Å². The molecule has 10 nitrogen and oxygen atoms in total. The Labute approximate surface area is 190 Å². The predicted molar refractivity (Wildman–Crippen MR) is 123 cm³/mol. The van der Waals surface area contributed by atoms with E-state index in [1.165, 1.54) is 6.20 Å². The van der Waals surface area contributed by atoms with E-state index in [1.807, 2.05) is 12.3 Å². The van der Waals surface area contributed by atoms with Gasteiger partial charge in [0.2, 0.25) is 0 Å². The van der Waals surface area contributed by atoms with E-state index >= 15 is 0 Å². The number of nitrogens with zero attached hydrogens (tertiary/aromatic N) is 4. The normalized spacial score (nSPS) is 27.6. The second kappa shape index (κ2) is 7.58. The van der Waals surface area contributed by atoms with Crippen LogP contribution in [0.3, 0.4) is 0 Å². The Morgan fingerprint density at radius 1 is 1.24 bits per heavy atom. The van der Waals surface area contributed by atoms with Crippen LogP contribution in [0.15, 0.2) is 35.4 Å². The summed E-state index contributed by atoms with van der Waals surface area (Å²) in [4.78, 5) is 30.7. The second-order valence-electron chi connectivity index (χ2n) is 9.32. The molecule has 2 aliphatic carbocycles. The standard InChI is InChI=1S/C23H27N7O3/c1-12-5-6-16(12)27-22(31)13-9-25-30-19(24-2)8-18(28-21(13)30)26-17-4-3-7-29(23(17)32)20-14-10-33-11-15(14)20/h3-4,7-9,12,14-16,20,24H,5-6,10-11H2,1-2H3,(H,26,28)(H,27,31)/t12-,14-,15+,16+,20?/m1/s1. The zero-order chi connectivity index (χ0) is 22.7. The number of aromatic nitrogens is 4. The lowest BCUT2D eigenvalue weighted by molar-refractivity contribution is 0.0886. The highest BCUT2D eigenvalue weighted by molar-refractivity contribution is 6.00. The first-order chi connectivity index (χ1) is 16.0. The third-order valence-corrected chi connectivity index (χ3v) is 7.37. The minimum Gasteiger partial charge on any atom is -0.381 e. The molecule has 1 saturated heterocycles. The van der Waals surface area contributed by atoms with E-state index in [0.717, 1.165) is 26.1 Å². The summed E-state index contributed by atoms with van der Waals surface area (Å²) in [6.07, 6.45) is 5.49. The van der Waals surface area contributed by atoms with Crippen molar-refractivity contribution in [3.63, 3.8) is 0 Å². The first-order valence-corrected chi connectivity index (χ1v) is 11.5. The molecule has 0 aromatic carbocycles. The van der Waals surface area contributed by atoms with Gasteiger partial charge in [0.25, 0.3) is 11.5 Å². The zero-order valence-corrected chi connectivity index (χ0v) is 18.6. The third-order valence-electron chi connectivity index (χ3n) is 7.37. The molecule has 0 bridgehead atoms. The first kappa shape index (κ1) is 20.2. The van der Waals surface area contributed by atoms with Gasteiger partial charge in [-0.15, -0.1) is 0 Å². The summed E-state index contributed by atoms with van der Waals surface area (Å²) in [7, 11) is 1.78. The molecule has 10 heteroatoms. The smallest absolute Gasteiger partial charge is 0.274 e. The van der Waals surface area contributed by atoms with Crippen LogP contribution in [0.1, 0.15) is 36.2 Å². The van der Waals surface area contributed by atoms with Crippen molar-refractivity contribution in [2.45, 2.75) is 31.8 Å². The van der Waals surface area contributed by atoms with Crippen LogP contribution in [0.4, 0.5) is 17.3 Å². The first-order valence-electron chi connectivity index (χ1n) is 11.5. The highest BCUT2D eigenvalue weighted by Gasteiger charge is 2.55. The Bertz CT molecular complexity index is 1290. The van der Waals surface area contributed by atoms with Crippen molar-refractivity contribution < 1.29 is 9.53 Å². The number of carbonyl (C=O) groups excluding carboxylic acids is 1. The molecule has 1 aliphatic heterocycles. The number of anilines is 3. The van der Waals surface area contributed by atoms with Crippen molar-refractivity contribution in [2.24, 2.45) is 17.8 Å². The third kappa shape index (κ3) is 3.28. The van der Waals surface area contributed by atoms with E-state index in [1.54, 1.807) is 28.3 Å². The molecule has 2 saturated carbocycles. The lowest BCUT2D eigenvalue weighted by atomic mass is 9.81. The van der Waals surface area contributed by atoms with Crippen molar-refractivity contribution in [3.8, 4) is 0 Å². The number of pyridine rings is 1. The number of amides is 1. The van der Waals surface area contributed by atoms with Crippen LogP contribution < -0.4 is 21.5 Å². The fourth-order valence-electron chi connectivity index (χ4n) is 5.09. The topological polar surface area (TPSA) is 115 Å². The summed E-state index contributed by atoms with van der Waals surface area (Å²) in [6.45, 7) is 3.57. The molecule has 4 heterocycles. The number of hydrogen-bond acceptors (Lipinski definition) is 7. The predicted octanol–water partition coefficient (Wildman–Crippen LogP) is 2.02. The molecule has 1 amide bonds. The molecule has 6 rings (SSSR count). The molecule has 3 aromatic rings. The molecular formula is C23H27N7O3. The molecule has 0 radical (unpaired) electrons. The molecule has 3 fully saturated rings. The maximum absolute atomic E-state index is 13.2. The van der Waals surface area contributed by atoms with Crippen LogP contribution in [-0.2, 0) is 4.74 Å². The van der Waals surface area contributed by atoms with E-state index in [2.05, 4.69) is 33.0 Å². The summed E-state index contributed by atoms with van der Waals surface area (Å²) in [5.41, 5.74) is 1.19. The highest BCUT2D eigenvalue weighted by Crippen LogP contribution is 2.53. The zero-order valence-electron chi connectivity index (χ0n) is 18.6. The number of hydrogen-bond donors (Lipinski definition) is 3. The lowest BCUT2D eigenvalue weighted by Gasteiger charge is -2.34. The van der Waals surface area contributed by atoms with Crippen molar-refractivity contribution in [1.29, 1.82) is 0 Å².